The van der Waals surface area contributed by atoms with Gasteiger partial charge in [0, 0.05) is 3.57 Å². The van der Waals surface area contributed by atoms with Crippen molar-refractivity contribution in [1.29, 1.82) is 0 Å². The summed E-state index contributed by atoms with van der Waals surface area (Å²) in [7, 11) is -3.81. The summed E-state index contributed by atoms with van der Waals surface area (Å²) in [5.74, 6) is -4.48. The van der Waals surface area contributed by atoms with Crippen LogP contribution in [-0.2, 0) is 10.0 Å². The molecular weight excluding hydrogens is 470 g/mol. The lowest BCUT2D eigenvalue weighted by molar-refractivity contribution is 0.399. The molecule has 0 aromatic heterocycles. The molecule has 25 heavy (non-hydrogen) atoms. The van der Waals surface area contributed by atoms with Gasteiger partial charge in [-0.3, -0.25) is 4.72 Å². The maximum absolute atomic E-state index is 14.2. The summed E-state index contributed by atoms with van der Waals surface area (Å²) in [5.41, 5.74) is -0.287. The first-order chi connectivity index (χ1) is 11.6. The van der Waals surface area contributed by atoms with E-state index in [9.17, 15) is 21.6 Å². The predicted molar refractivity (Wildman–Crippen MR) is 95.7 cm³/mol. The second-order valence-corrected chi connectivity index (χ2v) is 9.41. The highest BCUT2D eigenvalue weighted by molar-refractivity contribution is 14.1. The van der Waals surface area contributed by atoms with Gasteiger partial charge in [-0.25, -0.2) is 17.2 Å². The van der Waals surface area contributed by atoms with E-state index in [1.807, 2.05) is 22.6 Å². The summed E-state index contributed by atoms with van der Waals surface area (Å²) < 4.78 is 73.4. The van der Waals surface area contributed by atoms with Crippen LogP contribution >= 0.6 is 22.6 Å². The zero-order valence-corrected chi connectivity index (χ0v) is 15.9. The molecule has 0 unspecified atom stereocenters. The Hall–Kier alpha value is -1.49. The molecule has 0 heterocycles. The predicted octanol–water partition coefficient (Wildman–Crippen LogP) is 4.80. The lowest BCUT2D eigenvalue weighted by Crippen LogP contribution is -2.27. The third kappa shape index (κ3) is 3.57. The van der Waals surface area contributed by atoms with Crippen molar-refractivity contribution < 1.29 is 26.3 Å². The molecule has 9 heteroatoms. The SMILES string of the molecule is CC1(S(=O)(=O)Nc2ccc(F)c(F)c2Oc2ccc(I)cc2F)CC1. The molecule has 1 N–H and O–H groups in total. The van der Waals surface area contributed by atoms with Gasteiger partial charge in [0.2, 0.25) is 15.8 Å². The molecule has 1 aliphatic rings. The fourth-order valence-corrected chi connectivity index (χ4v) is 3.88. The van der Waals surface area contributed by atoms with E-state index in [0.717, 1.165) is 18.2 Å². The minimum atomic E-state index is -3.81. The Labute approximate surface area is 156 Å². The molecule has 0 spiro atoms. The number of halogens is 4. The van der Waals surface area contributed by atoms with Gasteiger partial charge in [-0.2, -0.15) is 4.39 Å². The van der Waals surface area contributed by atoms with E-state index in [4.69, 9.17) is 4.74 Å². The molecule has 0 saturated heterocycles. The minimum Gasteiger partial charge on any atom is -0.449 e. The average molecular weight is 483 g/mol. The van der Waals surface area contributed by atoms with Crippen molar-refractivity contribution in [2.75, 3.05) is 4.72 Å². The Morgan fingerprint density at radius 2 is 1.80 bits per heavy atom. The number of sulfonamides is 1. The smallest absolute Gasteiger partial charge is 0.238 e. The van der Waals surface area contributed by atoms with Crippen molar-refractivity contribution in [3.8, 4) is 11.5 Å². The molecule has 0 atom stereocenters. The molecule has 134 valence electrons. The highest BCUT2D eigenvalue weighted by Gasteiger charge is 2.50. The number of hydrogen-bond donors (Lipinski definition) is 1. The first-order valence-electron chi connectivity index (χ1n) is 7.26. The zero-order valence-electron chi connectivity index (χ0n) is 12.9. The summed E-state index contributed by atoms with van der Waals surface area (Å²) in [6.07, 6.45) is 0.932. The standard InChI is InChI=1S/C16H13F3INO3S/c1-16(6-7-16)25(22,23)21-12-4-3-10(17)14(19)15(12)24-13-5-2-9(20)8-11(13)18/h2-5,8,21H,6-7H2,1H3. The van der Waals surface area contributed by atoms with Crippen molar-refractivity contribution in [3.05, 3.63) is 51.4 Å². The van der Waals surface area contributed by atoms with Gasteiger partial charge in [-0.15, -0.1) is 0 Å². The topological polar surface area (TPSA) is 55.4 Å². The van der Waals surface area contributed by atoms with Crippen molar-refractivity contribution >= 4 is 38.3 Å². The molecule has 1 fully saturated rings. The van der Waals surface area contributed by atoms with Crippen LogP contribution in [-0.4, -0.2) is 13.2 Å². The Morgan fingerprint density at radius 3 is 2.40 bits per heavy atom. The van der Waals surface area contributed by atoms with Crippen LogP contribution in [0.15, 0.2) is 30.3 Å². The molecule has 0 aliphatic heterocycles. The number of ether oxygens (including phenoxy) is 1. The van der Waals surface area contributed by atoms with E-state index in [-0.39, 0.29) is 11.4 Å². The van der Waals surface area contributed by atoms with Crippen LogP contribution in [0.2, 0.25) is 0 Å². The van der Waals surface area contributed by atoms with Crippen LogP contribution < -0.4 is 9.46 Å². The summed E-state index contributed by atoms with van der Waals surface area (Å²) in [5, 5.41) is 0. The van der Waals surface area contributed by atoms with Gasteiger partial charge in [-0.1, -0.05) is 0 Å². The van der Waals surface area contributed by atoms with Crippen LogP contribution in [0.3, 0.4) is 0 Å². The number of anilines is 1. The molecule has 2 aromatic rings. The van der Waals surface area contributed by atoms with Gasteiger partial charge in [0.1, 0.15) is 0 Å². The normalized spacial score (nSPS) is 15.7. The van der Waals surface area contributed by atoms with Crippen molar-refractivity contribution in [2.24, 2.45) is 0 Å². The van der Waals surface area contributed by atoms with E-state index >= 15 is 0 Å². The third-order valence-corrected chi connectivity index (χ3v) is 6.87. The van der Waals surface area contributed by atoms with E-state index in [0.29, 0.717) is 16.4 Å². The average Bonchev–Trinajstić information content (AvgIpc) is 3.28. The van der Waals surface area contributed by atoms with E-state index in [2.05, 4.69) is 4.72 Å². The van der Waals surface area contributed by atoms with E-state index in [1.54, 1.807) is 6.92 Å². The number of nitrogens with one attached hydrogen (secondary N) is 1. The first kappa shape index (κ1) is 18.3. The molecule has 2 aromatic carbocycles. The minimum absolute atomic E-state index is 0.287. The zero-order chi connectivity index (χ0) is 18.4. The van der Waals surface area contributed by atoms with Crippen molar-refractivity contribution in [3.63, 3.8) is 0 Å². The molecule has 0 amide bonds. The van der Waals surface area contributed by atoms with Gasteiger partial charge >= 0.3 is 0 Å². The lowest BCUT2D eigenvalue weighted by Gasteiger charge is -2.17. The molecule has 4 nitrogen and oxygen atoms in total. The summed E-state index contributed by atoms with van der Waals surface area (Å²) in [4.78, 5) is 0. The highest BCUT2D eigenvalue weighted by atomic mass is 127. The van der Waals surface area contributed by atoms with Crippen LogP contribution in [0.25, 0.3) is 0 Å². The Bertz CT molecular complexity index is 946. The summed E-state index contributed by atoms with van der Waals surface area (Å²) in [6, 6.07) is 5.75. The highest BCUT2D eigenvalue weighted by Crippen LogP contribution is 2.45. The van der Waals surface area contributed by atoms with Gasteiger partial charge in [-0.05, 0) is 72.7 Å². The van der Waals surface area contributed by atoms with Crippen LogP contribution in [0, 0.1) is 21.0 Å². The molecular formula is C16H13F3INO3S. The summed E-state index contributed by atoms with van der Waals surface area (Å²) >= 11 is 1.88. The van der Waals surface area contributed by atoms with Gasteiger partial charge in [0.25, 0.3) is 0 Å². The van der Waals surface area contributed by atoms with Crippen LogP contribution in [0.5, 0.6) is 11.5 Å². The second kappa shape index (κ2) is 6.35. The maximum atomic E-state index is 14.2. The monoisotopic (exact) mass is 483 g/mol. The quantitative estimate of drug-likeness (QED) is 0.623. The van der Waals surface area contributed by atoms with E-state index in [1.165, 1.54) is 12.1 Å². The molecule has 0 radical (unpaired) electrons. The molecule has 1 aliphatic carbocycles. The first-order valence-corrected chi connectivity index (χ1v) is 9.82. The van der Waals surface area contributed by atoms with Crippen molar-refractivity contribution in [2.45, 2.75) is 24.5 Å². The maximum Gasteiger partial charge on any atom is 0.238 e. The Kier molecular flexibility index (Phi) is 4.65. The van der Waals surface area contributed by atoms with Gasteiger partial charge in [0.05, 0.1) is 10.4 Å². The number of benzene rings is 2. The summed E-state index contributed by atoms with van der Waals surface area (Å²) in [6.45, 7) is 1.55. The Balaban J connectivity index is 2.01. The molecule has 0 bridgehead atoms. The fraction of sp³-hybridized carbons (Fsp3) is 0.250. The molecule has 3 rings (SSSR count). The van der Waals surface area contributed by atoms with Crippen LogP contribution in [0.1, 0.15) is 19.8 Å². The van der Waals surface area contributed by atoms with Crippen LogP contribution in [0.4, 0.5) is 18.9 Å². The number of hydrogen-bond acceptors (Lipinski definition) is 3. The molecule has 1 saturated carbocycles. The third-order valence-electron chi connectivity index (χ3n) is 4.00. The van der Waals surface area contributed by atoms with Gasteiger partial charge in [0.15, 0.2) is 23.1 Å². The second-order valence-electron chi connectivity index (χ2n) is 5.97. The largest absolute Gasteiger partial charge is 0.449 e. The van der Waals surface area contributed by atoms with Gasteiger partial charge < -0.3 is 4.74 Å². The lowest BCUT2D eigenvalue weighted by atomic mass is 10.2. The Morgan fingerprint density at radius 1 is 1.12 bits per heavy atom. The van der Waals surface area contributed by atoms with Crippen molar-refractivity contribution in [1.82, 2.24) is 0 Å². The fourth-order valence-electron chi connectivity index (χ4n) is 2.09. The number of rotatable bonds is 5. The van der Waals surface area contributed by atoms with E-state index < -0.39 is 38.0 Å².